The van der Waals surface area contributed by atoms with E-state index >= 15 is 0 Å². The van der Waals surface area contributed by atoms with E-state index in [0.29, 0.717) is 31.8 Å². The average molecular weight is 466 g/mol. The first-order chi connectivity index (χ1) is 16.2. The van der Waals surface area contributed by atoms with Crippen LogP contribution in [-0.4, -0.2) is 59.7 Å². The third-order valence-corrected chi connectivity index (χ3v) is 5.76. The number of amides is 1. The second kappa shape index (κ2) is 12.5. The second-order valence-corrected chi connectivity index (χ2v) is 9.28. The van der Waals surface area contributed by atoms with Crippen LogP contribution in [0.2, 0.25) is 0 Å². The minimum atomic E-state index is -0.528. The number of aldehydes is 1. The fourth-order valence-electron chi connectivity index (χ4n) is 4.03. The second-order valence-electron chi connectivity index (χ2n) is 9.28. The van der Waals surface area contributed by atoms with E-state index in [0.717, 1.165) is 29.5 Å². The third-order valence-electron chi connectivity index (χ3n) is 5.76. The van der Waals surface area contributed by atoms with E-state index in [-0.39, 0.29) is 12.1 Å². The van der Waals surface area contributed by atoms with Crippen LogP contribution in [0.3, 0.4) is 0 Å². The molecule has 1 unspecified atom stereocenters. The van der Waals surface area contributed by atoms with Gasteiger partial charge in [0.05, 0.1) is 11.8 Å². The Bertz CT molecular complexity index is 962. The number of hydrogen-bond donors (Lipinski definition) is 0. The number of carbonyl (C=O) groups excluding carboxylic acids is 2. The van der Waals surface area contributed by atoms with Crippen molar-refractivity contribution in [1.29, 1.82) is 0 Å². The van der Waals surface area contributed by atoms with Gasteiger partial charge < -0.3 is 9.64 Å². The molecule has 0 aliphatic carbocycles. The molecule has 0 saturated carbocycles. The quantitative estimate of drug-likeness (QED) is 0.285. The maximum absolute atomic E-state index is 12.6. The average Bonchev–Trinajstić information content (AvgIpc) is 2.82. The molecule has 0 radical (unpaired) electrons. The van der Waals surface area contributed by atoms with Crippen molar-refractivity contribution in [3.8, 4) is 0 Å². The van der Waals surface area contributed by atoms with Gasteiger partial charge in [0, 0.05) is 38.0 Å². The molecule has 0 bridgehead atoms. The fourth-order valence-corrected chi connectivity index (χ4v) is 4.03. The summed E-state index contributed by atoms with van der Waals surface area (Å²) < 4.78 is 5.56. The van der Waals surface area contributed by atoms with Crippen molar-refractivity contribution in [3.05, 3.63) is 65.9 Å². The standard InChI is InChI=1S/C28H39N3O3/c1-8-14-29-25(11-4)26(23-13-12-21(9-2)19-24(23)22(10-3)20-32)30-15-17-31(18-16-30)27(33)34-28(5,6)7/h8,10-14,19-20,26H,4,9,15-18H2,1-3,5-7H3/b14-8-,22-10-,29-25?. The number of aryl methyl sites for hydroxylation is 1. The van der Waals surface area contributed by atoms with Gasteiger partial charge in [-0.2, -0.15) is 0 Å². The molecule has 184 valence electrons. The van der Waals surface area contributed by atoms with Gasteiger partial charge in [-0.25, -0.2) is 4.79 Å². The Kier molecular flexibility index (Phi) is 9.99. The lowest BCUT2D eigenvalue weighted by atomic mass is 9.89. The van der Waals surface area contributed by atoms with Crippen LogP contribution < -0.4 is 0 Å². The Morgan fingerprint density at radius 1 is 1.21 bits per heavy atom. The summed E-state index contributed by atoms with van der Waals surface area (Å²) in [5.74, 6) is 0. The first-order valence-corrected chi connectivity index (χ1v) is 12.0. The van der Waals surface area contributed by atoms with Gasteiger partial charge >= 0.3 is 6.09 Å². The van der Waals surface area contributed by atoms with Crippen LogP contribution in [0.5, 0.6) is 0 Å². The molecule has 1 aromatic rings. The zero-order valence-corrected chi connectivity index (χ0v) is 21.5. The fraction of sp³-hybridized carbons (Fsp3) is 0.464. The van der Waals surface area contributed by atoms with Crippen LogP contribution in [0.4, 0.5) is 4.79 Å². The van der Waals surface area contributed by atoms with Crippen molar-refractivity contribution in [3.63, 3.8) is 0 Å². The number of hydrogen-bond acceptors (Lipinski definition) is 5. The molecule has 1 saturated heterocycles. The van der Waals surface area contributed by atoms with Gasteiger partial charge in [0.25, 0.3) is 0 Å². The highest BCUT2D eigenvalue weighted by Gasteiger charge is 2.32. The topological polar surface area (TPSA) is 62.2 Å². The molecule has 34 heavy (non-hydrogen) atoms. The summed E-state index contributed by atoms with van der Waals surface area (Å²) in [4.78, 5) is 33.2. The molecule has 1 aliphatic heterocycles. The van der Waals surface area contributed by atoms with Gasteiger partial charge in [-0.3, -0.25) is 14.7 Å². The number of ether oxygens (including phenoxy) is 1. The number of allylic oxidation sites excluding steroid dienone is 3. The highest BCUT2D eigenvalue weighted by molar-refractivity contribution is 6.09. The Labute approximate surface area is 204 Å². The lowest BCUT2D eigenvalue weighted by molar-refractivity contribution is -0.103. The minimum absolute atomic E-state index is 0.203. The zero-order valence-electron chi connectivity index (χ0n) is 21.5. The lowest BCUT2D eigenvalue weighted by Gasteiger charge is -2.40. The maximum atomic E-state index is 12.6. The van der Waals surface area contributed by atoms with Crippen LogP contribution >= 0.6 is 0 Å². The molecule has 1 amide bonds. The number of piperazine rings is 1. The SMILES string of the molecule is C=CC(=N/C=C\C)C(c1ccc(CC)cc1/C(C=O)=C\C)N1CCN(C(=O)OC(C)(C)C)CC1. The highest BCUT2D eigenvalue weighted by Crippen LogP contribution is 2.32. The monoisotopic (exact) mass is 465 g/mol. The molecule has 6 nitrogen and oxygen atoms in total. The summed E-state index contributed by atoms with van der Waals surface area (Å²) in [6.07, 6.45) is 8.76. The number of aliphatic imine (C=N–C) groups is 1. The predicted molar refractivity (Wildman–Crippen MR) is 140 cm³/mol. The van der Waals surface area contributed by atoms with Gasteiger partial charge in [-0.05, 0) is 63.8 Å². The third kappa shape index (κ3) is 7.00. The molecule has 0 N–H and O–H groups in total. The van der Waals surface area contributed by atoms with E-state index in [9.17, 15) is 9.59 Å². The van der Waals surface area contributed by atoms with E-state index in [2.05, 4.69) is 41.6 Å². The molecule has 6 heteroatoms. The minimum Gasteiger partial charge on any atom is -0.444 e. The summed E-state index contributed by atoms with van der Waals surface area (Å²) in [6.45, 7) is 17.9. The van der Waals surface area contributed by atoms with Crippen LogP contribution in [0.15, 0.2) is 54.2 Å². The molecule has 0 spiro atoms. The molecule has 0 aromatic heterocycles. The van der Waals surface area contributed by atoms with E-state index in [1.807, 2.05) is 46.8 Å². The van der Waals surface area contributed by atoms with Gasteiger partial charge in [0.15, 0.2) is 0 Å². The van der Waals surface area contributed by atoms with Crippen LogP contribution in [-0.2, 0) is 16.0 Å². The molecular formula is C28H39N3O3. The Balaban J connectivity index is 2.49. The lowest BCUT2D eigenvalue weighted by Crippen LogP contribution is -2.52. The largest absolute Gasteiger partial charge is 0.444 e. The number of nitrogens with zero attached hydrogens (tertiary/aromatic N) is 3. The highest BCUT2D eigenvalue weighted by atomic mass is 16.6. The van der Waals surface area contributed by atoms with E-state index < -0.39 is 5.60 Å². The normalized spacial score (nSPS) is 17.1. The van der Waals surface area contributed by atoms with Gasteiger partial charge in [-0.15, -0.1) is 0 Å². The van der Waals surface area contributed by atoms with Crippen molar-refractivity contribution in [1.82, 2.24) is 9.80 Å². The predicted octanol–water partition coefficient (Wildman–Crippen LogP) is 5.61. The molecular weight excluding hydrogens is 426 g/mol. The molecule has 1 heterocycles. The zero-order chi connectivity index (χ0) is 25.3. The molecule has 1 fully saturated rings. The van der Waals surface area contributed by atoms with Crippen molar-refractivity contribution < 1.29 is 14.3 Å². The molecule has 1 atom stereocenters. The molecule has 1 aliphatic rings. The van der Waals surface area contributed by atoms with E-state index in [1.165, 1.54) is 5.56 Å². The Hall–Kier alpha value is -2.99. The van der Waals surface area contributed by atoms with Gasteiger partial charge in [-0.1, -0.05) is 43.9 Å². The Morgan fingerprint density at radius 2 is 1.88 bits per heavy atom. The van der Waals surface area contributed by atoms with Gasteiger partial charge in [0.2, 0.25) is 0 Å². The first-order valence-electron chi connectivity index (χ1n) is 12.0. The summed E-state index contributed by atoms with van der Waals surface area (Å²) in [5.41, 5.74) is 4.00. The van der Waals surface area contributed by atoms with Crippen LogP contribution in [0.25, 0.3) is 5.57 Å². The van der Waals surface area contributed by atoms with E-state index in [1.54, 1.807) is 17.2 Å². The van der Waals surface area contributed by atoms with E-state index in [4.69, 9.17) is 4.74 Å². The number of carbonyl (C=O) groups is 2. The van der Waals surface area contributed by atoms with Crippen molar-refractivity contribution in [2.75, 3.05) is 26.2 Å². The molecule has 2 rings (SSSR count). The van der Waals surface area contributed by atoms with Crippen molar-refractivity contribution in [2.45, 2.75) is 59.6 Å². The number of rotatable bonds is 8. The maximum Gasteiger partial charge on any atom is 0.410 e. The smallest absolute Gasteiger partial charge is 0.410 e. The van der Waals surface area contributed by atoms with Crippen LogP contribution in [0.1, 0.15) is 64.3 Å². The van der Waals surface area contributed by atoms with Crippen molar-refractivity contribution in [2.24, 2.45) is 4.99 Å². The molecule has 1 aromatic carbocycles. The summed E-state index contributed by atoms with van der Waals surface area (Å²) in [7, 11) is 0. The number of benzene rings is 1. The summed E-state index contributed by atoms with van der Waals surface area (Å²) in [6, 6.07) is 6.10. The van der Waals surface area contributed by atoms with Crippen molar-refractivity contribution >= 4 is 23.7 Å². The Morgan fingerprint density at radius 3 is 2.38 bits per heavy atom. The summed E-state index contributed by atoms with van der Waals surface area (Å²) in [5, 5.41) is 0. The van der Waals surface area contributed by atoms with Crippen LogP contribution in [0, 0.1) is 0 Å². The summed E-state index contributed by atoms with van der Waals surface area (Å²) >= 11 is 0. The first kappa shape index (κ1) is 27.3. The van der Waals surface area contributed by atoms with Gasteiger partial charge in [0.1, 0.15) is 11.9 Å².